The van der Waals surface area contributed by atoms with E-state index in [9.17, 15) is 14.4 Å². The molecule has 0 spiro atoms. The van der Waals surface area contributed by atoms with Gasteiger partial charge in [-0.3, -0.25) is 4.79 Å². The molecule has 0 radical (unpaired) electrons. The Balaban J connectivity index is 2.12. The summed E-state index contributed by atoms with van der Waals surface area (Å²) in [6, 6.07) is 17.9. The second-order valence-electron chi connectivity index (χ2n) is 6.32. The normalized spacial score (nSPS) is 12.5. The van der Waals surface area contributed by atoms with Crippen molar-refractivity contribution in [1.82, 2.24) is 5.32 Å². The third kappa shape index (κ3) is 6.54. The highest BCUT2D eigenvalue weighted by Crippen LogP contribution is 2.25. The van der Waals surface area contributed by atoms with E-state index in [-0.39, 0.29) is 6.61 Å². The number of hydrogen-bond acceptors (Lipinski definition) is 5. The highest BCUT2D eigenvalue weighted by Gasteiger charge is 2.32. The molecule has 0 saturated heterocycles. The maximum atomic E-state index is 12.5. The Bertz CT molecular complexity index is 748. The summed E-state index contributed by atoms with van der Waals surface area (Å²) in [5.41, 5.74) is 1.59. The average Bonchev–Trinajstić information content (AvgIpc) is 2.74. The molecule has 0 aromatic heterocycles. The van der Waals surface area contributed by atoms with Gasteiger partial charge in [0.1, 0.15) is 18.8 Å². The summed E-state index contributed by atoms with van der Waals surface area (Å²) in [4.78, 5) is 35.5. The number of benzene rings is 2. The van der Waals surface area contributed by atoms with E-state index in [0.29, 0.717) is 19.3 Å². The molecule has 0 bridgehead atoms. The molecule has 28 heavy (non-hydrogen) atoms. The number of carbonyl (C=O) groups is 3. The maximum absolute atomic E-state index is 12.5. The lowest BCUT2D eigenvalue weighted by molar-refractivity contribution is -0.143. The summed E-state index contributed by atoms with van der Waals surface area (Å²) in [6.07, 6.45) is 1.52. The predicted octanol–water partition coefficient (Wildman–Crippen LogP) is 3.61. The van der Waals surface area contributed by atoms with Crippen LogP contribution in [0.3, 0.4) is 0 Å². The van der Waals surface area contributed by atoms with Crippen LogP contribution in [-0.2, 0) is 25.7 Å². The van der Waals surface area contributed by atoms with E-state index in [0.717, 1.165) is 17.4 Å². The van der Waals surface area contributed by atoms with Gasteiger partial charge in [-0.25, -0.2) is 4.79 Å². The molecular weight excluding hydrogens is 358 g/mol. The summed E-state index contributed by atoms with van der Waals surface area (Å²) >= 11 is 0. The van der Waals surface area contributed by atoms with Crippen LogP contribution in [-0.4, -0.2) is 31.5 Å². The number of esters is 1. The van der Waals surface area contributed by atoms with Crippen molar-refractivity contribution in [3.05, 3.63) is 71.8 Å². The lowest BCUT2D eigenvalue weighted by Gasteiger charge is -2.26. The van der Waals surface area contributed by atoms with E-state index >= 15 is 0 Å². The molecule has 0 saturated carbocycles. The van der Waals surface area contributed by atoms with Crippen molar-refractivity contribution in [1.29, 1.82) is 0 Å². The van der Waals surface area contributed by atoms with Crippen LogP contribution in [0.2, 0.25) is 0 Å². The Kier molecular flexibility index (Phi) is 8.72. The first-order valence-electron chi connectivity index (χ1n) is 9.19. The van der Waals surface area contributed by atoms with Gasteiger partial charge in [0.15, 0.2) is 0 Å². The van der Waals surface area contributed by atoms with Gasteiger partial charge in [0, 0.05) is 12.5 Å². The van der Waals surface area contributed by atoms with Crippen LogP contribution in [0, 0.1) is 0 Å². The number of aldehydes is 1. The largest absolute Gasteiger partial charge is 0.468 e. The quantitative estimate of drug-likeness (QED) is 0.385. The Morgan fingerprint density at radius 1 is 1.04 bits per heavy atom. The number of methoxy groups -OCH3 is 1. The zero-order valence-electron chi connectivity index (χ0n) is 15.9. The van der Waals surface area contributed by atoms with E-state index in [4.69, 9.17) is 9.47 Å². The van der Waals surface area contributed by atoms with Gasteiger partial charge in [-0.1, -0.05) is 60.7 Å². The van der Waals surface area contributed by atoms with Gasteiger partial charge in [0.25, 0.3) is 0 Å². The van der Waals surface area contributed by atoms with Crippen LogP contribution >= 0.6 is 0 Å². The average molecular weight is 383 g/mol. The Labute approximate surface area is 164 Å². The fraction of sp³-hybridized carbons (Fsp3) is 0.318. The number of hydrogen-bond donors (Lipinski definition) is 1. The van der Waals surface area contributed by atoms with Crippen LogP contribution in [0.1, 0.15) is 36.3 Å². The Morgan fingerprint density at radius 3 is 2.29 bits per heavy atom. The second-order valence-corrected chi connectivity index (χ2v) is 6.32. The minimum atomic E-state index is -0.692. The zero-order chi connectivity index (χ0) is 20.2. The number of alkyl carbamates (subject to hydrolysis) is 1. The summed E-state index contributed by atoms with van der Waals surface area (Å²) in [7, 11) is 1.31. The van der Waals surface area contributed by atoms with E-state index in [1.807, 2.05) is 60.7 Å². The van der Waals surface area contributed by atoms with Crippen molar-refractivity contribution in [2.24, 2.45) is 0 Å². The molecule has 2 rings (SSSR count). The van der Waals surface area contributed by atoms with Crippen molar-refractivity contribution in [3.63, 3.8) is 0 Å². The molecule has 2 unspecified atom stereocenters. The highest BCUT2D eigenvalue weighted by molar-refractivity contribution is 5.80. The van der Waals surface area contributed by atoms with Crippen LogP contribution in [0.4, 0.5) is 4.79 Å². The number of unbranched alkanes of at least 4 members (excludes halogenated alkanes) is 1. The Morgan fingerprint density at radius 2 is 1.68 bits per heavy atom. The third-order valence-electron chi connectivity index (χ3n) is 4.37. The van der Waals surface area contributed by atoms with Gasteiger partial charge in [-0.15, -0.1) is 0 Å². The zero-order valence-corrected chi connectivity index (χ0v) is 15.9. The molecule has 1 N–H and O–H groups in total. The molecular formula is C22H25NO5. The van der Waals surface area contributed by atoms with Crippen molar-refractivity contribution < 1.29 is 23.9 Å². The minimum absolute atomic E-state index is 0.127. The van der Waals surface area contributed by atoms with Crippen LogP contribution < -0.4 is 5.32 Å². The fourth-order valence-electron chi connectivity index (χ4n) is 2.98. The van der Waals surface area contributed by atoms with Gasteiger partial charge >= 0.3 is 12.1 Å². The molecule has 148 valence electrons. The lowest BCUT2D eigenvalue weighted by Crippen LogP contribution is -2.42. The molecule has 0 fully saturated rings. The molecule has 2 aromatic rings. The first-order chi connectivity index (χ1) is 13.7. The van der Waals surface area contributed by atoms with Gasteiger partial charge < -0.3 is 19.6 Å². The maximum Gasteiger partial charge on any atom is 0.407 e. The molecule has 2 aromatic carbocycles. The molecule has 0 aliphatic carbocycles. The van der Waals surface area contributed by atoms with Crippen LogP contribution in [0.15, 0.2) is 60.7 Å². The van der Waals surface area contributed by atoms with Gasteiger partial charge in [0.2, 0.25) is 0 Å². The third-order valence-corrected chi connectivity index (χ3v) is 4.37. The Hall–Kier alpha value is -3.15. The number of rotatable bonds is 10. The van der Waals surface area contributed by atoms with Crippen molar-refractivity contribution in [2.45, 2.75) is 37.8 Å². The number of amides is 1. The summed E-state index contributed by atoms with van der Waals surface area (Å²) < 4.78 is 10.3. The van der Waals surface area contributed by atoms with E-state index in [1.54, 1.807) is 0 Å². The molecule has 6 heteroatoms. The van der Waals surface area contributed by atoms with Gasteiger partial charge in [-0.2, -0.15) is 0 Å². The van der Waals surface area contributed by atoms with E-state index < -0.39 is 24.0 Å². The van der Waals surface area contributed by atoms with Crippen molar-refractivity contribution in [3.8, 4) is 0 Å². The van der Waals surface area contributed by atoms with Crippen LogP contribution in [0.25, 0.3) is 0 Å². The lowest BCUT2D eigenvalue weighted by atomic mass is 9.88. The predicted molar refractivity (Wildman–Crippen MR) is 105 cm³/mol. The summed E-state index contributed by atoms with van der Waals surface area (Å²) in [5.74, 6) is -1.15. The van der Waals surface area contributed by atoms with Crippen molar-refractivity contribution >= 4 is 18.3 Å². The minimum Gasteiger partial charge on any atom is -0.468 e. The molecule has 2 atom stereocenters. The number of carbonyl (C=O) groups excluding carboxylic acids is 3. The molecule has 0 aliphatic rings. The summed E-state index contributed by atoms with van der Waals surface area (Å²) in [6.45, 7) is 0.127. The van der Waals surface area contributed by atoms with Gasteiger partial charge in [-0.05, 0) is 24.0 Å². The van der Waals surface area contributed by atoms with E-state index in [1.165, 1.54) is 7.11 Å². The fourth-order valence-corrected chi connectivity index (χ4v) is 2.98. The summed E-state index contributed by atoms with van der Waals surface area (Å²) in [5, 5.41) is 2.78. The SMILES string of the molecule is COC(=O)C(c1ccccc1)C(CCCC=O)NC(=O)OCc1ccccc1. The topological polar surface area (TPSA) is 81.7 Å². The number of nitrogens with one attached hydrogen (secondary N) is 1. The molecule has 6 nitrogen and oxygen atoms in total. The van der Waals surface area contributed by atoms with E-state index in [2.05, 4.69) is 5.32 Å². The van der Waals surface area contributed by atoms with Crippen LogP contribution in [0.5, 0.6) is 0 Å². The molecule has 0 aliphatic heterocycles. The standard InChI is InChI=1S/C22H25NO5/c1-27-21(25)20(18-12-6-3-7-13-18)19(14-8-9-15-24)23-22(26)28-16-17-10-4-2-5-11-17/h2-7,10-13,15,19-20H,8-9,14,16H2,1H3,(H,23,26). The van der Waals surface area contributed by atoms with Crippen molar-refractivity contribution in [2.75, 3.05) is 7.11 Å². The molecule has 0 heterocycles. The first kappa shape index (κ1) is 21.2. The highest BCUT2D eigenvalue weighted by atomic mass is 16.5. The monoisotopic (exact) mass is 383 g/mol. The second kappa shape index (κ2) is 11.5. The first-order valence-corrected chi connectivity index (χ1v) is 9.19. The number of ether oxygens (including phenoxy) is 2. The smallest absolute Gasteiger partial charge is 0.407 e. The van der Waals surface area contributed by atoms with Gasteiger partial charge in [0.05, 0.1) is 7.11 Å². The molecule has 1 amide bonds.